The number of carbonyl (C=O) groups is 2. The van der Waals surface area contributed by atoms with Gasteiger partial charge in [0.05, 0.1) is 11.8 Å². The van der Waals surface area contributed by atoms with E-state index in [1.54, 1.807) is 6.20 Å². The summed E-state index contributed by atoms with van der Waals surface area (Å²) in [5.74, 6) is 0.299. The standard InChI is InChI=1S/C18H29N5O2.ClH/c1-13-7-8-19-10-16(13)22-18(25)14-9-20-23(11-14)12-17(24)21-15-5-3-2-4-6-15;/h9,11,13,15-16,19H,2-8,10,12H2,1H3,(H,21,24)(H,22,25);1H. The Balaban J connectivity index is 0.00000243. The first-order valence-electron chi connectivity index (χ1n) is 9.45. The first kappa shape index (κ1) is 20.7. The summed E-state index contributed by atoms with van der Waals surface area (Å²) in [7, 11) is 0. The molecule has 2 amide bonds. The van der Waals surface area contributed by atoms with E-state index in [-0.39, 0.29) is 36.8 Å². The van der Waals surface area contributed by atoms with Crippen molar-refractivity contribution < 1.29 is 9.59 Å². The monoisotopic (exact) mass is 383 g/mol. The van der Waals surface area contributed by atoms with E-state index in [1.165, 1.54) is 30.1 Å². The van der Waals surface area contributed by atoms with Gasteiger partial charge in [-0.15, -0.1) is 12.4 Å². The van der Waals surface area contributed by atoms with Crippen LogP contribution < -0.4 is 16.0 Å². The van der Waals surface area contributed by atoms with Crippen LogP contribution in [0.3, 0.4) is 0 Å². The summed E-state index contributed by atoms with van der Waals surface area (Å²) in [6.07, 6.45) is 10.0. The van der Waals surface area contributed by atoms with E-state index < -0.39 is 0 Å². The highest BCUT2D eigenvalue weighted by Gasteiger charge is 2.23. The molecule has 0 spiro atoms. The molecule has 26 heavy (non-hydrogen) atoms. The zero-order valence-electron chi connectivity index (χ0n) is 15.4. The molecule has 0 bridgehead atoms. The molecule has 2 heterocycles. The normalized spacial score (nSPS) is 23.7. The predicted molar refractivity (Wildman–Crippen MR) is 102 cm³/mol. The van der Waals surface area contributed by atoms with E-state index in [1.807, 2.05) is 0 Å². The first-order chi connectivity index (χ1) is 12.1. The minimum atomic E-state index is -0.125. The number of hydrogen-bond acceptors (Lipinski definition) is 4. The molecule has 2 fully saturated rings. The SMILES string of the molecule is CC1CCNCC1NC(=O)c1cnn(CC(=O)NC2CCCCC2)c1.Cl. The molecule has 0 aromatic carbocycles. The van der Waals surface area contributed by atoms with Crippen LogP contribution >= 0.6 is 12.4 Å². The van der Waals surface area contributed by atoms with Crippen LogP contribution in [0.5, 0.6) is 0 Å². The van der Waals surface area contributed by atoms with Gasteiger partial charge in [-0.25, -0.2) is 0 Å². The Morgan fingerprint density at radius 3 is 2.73 bits per heavy atom. The number of aromatic nitrogens is 2. The molecule has 8 heteroatoms. The molecule has 2 unspecified atom stereocenters. The molecule has 3 N–H and O–H groups in total. The van der Waals surface area contributed by atoms with E-state index in [9.17, 15) is 9.59 Å². The number of nitrogens with zero attached hydrogens (tertiary/aromatic N) is 2. The number of rotatable bonds is 5. The lowest BCUT2D eigenvalue weighted by atomic mass is 9.94. The van der Waals surface area contributed by atoms with E-state index in [0.29, 0.717) is 17.5 Å². The minimum Gasteiger partial charge on any atom is -0.352 e. The Morgan fingerprint density at radius 2 is 2.00 bits per heavy atom. The van der Waals surface area contributed by atoms with Gasteiger partial charge in [-0.2, -0.15) is 5.10 Å². The maximum atomic E-state index is 12.4. The smallest absolute Gasteiger partial charge is 0.254 e. The molecule has 1 aliphatic heterocycles. The second-order valence-electron chi connectivity index (χ2n) is 7.38. The lowest BCUT2D eigenvalue weighted by Crippen LogP contribution is -2.50. The van der Waals surface area contributed by atoms with Crippen molar-refractivity contribution in [1.82, 2.24) is 25.7 Å². The quantitative estimate of drug-likeness (QED) is 0.718. The topological polar surface area (TPSA) is 88.0 Å². The van der Waals surface area contributed by atoms with Crippen LogP contribution in [0.2, 0.25) is 0 Å². The Bertz CT molecular complexity index is 600. The number of nitrogens with one attached hydrogen (secondary N) is 3. The Labute approximate surface area is 161 Å². The van der Waals surface area contributed by atoms with Crippen molar-refractivity contribution in [2.24, 2.45) is 5.92 Å². The zero-order chi connectivity index (χ0) is 17.6. The van der Waals surface area contributed by atoms with Gasteiger partial charge in [0.25, 0.3) is 5.91 Å². The van der Waals surface area contributed by atoms with Gasteiger partial charge in [0.1, 0.15) is 6.54 Å². The molecule has 7 nitrogen and oxygen atoms in total. The number of halogens is 1. The van der Waals surface area contributed by atoms with Gasteiger partial charge < -0.3 is 16.0 Å². The van der Waals surface area contributed by atoms with E-state index >= 15 is 0 Å². The maximum Gasteiger partial charge on any atom is 0.254 e. The molecular weight excluding hydrogens is 354 g/mol. The highest BCUT2D eigenvalue weighted by Crippen LogP contribution is 2.17. The molecule has 1 saturated carbocycles. The molecule has 1 aliphatic carbocycles. The Kier molecular flexibility index (Phi) is 7.90. The van der Waals surface area contributed by atoms with Crippen LogP contribution in [0, 0.1) is 5.92 Å². The fourth-order valence-electron chi connectivity index (χ4n) is 3.67. The fraction of sp³-hybridized carbons (Fsp3) is 0.722. The van der Waals surface area contributed by atoms with Gasteiger partial charge in [0.2, 0.25) is 5.91 Å². The lowest BCUT2D eigenvalue weighted by Gasteiger charge is -2.30. The van der Waals surface area contributed by atoms with Crippen LogP contribution in [0.25, 0.3) is 0 Å². The summed E-state index contributed by atoms with van der Waals surface area (Å²) in [5.41, 5.74) is 0.503. The van der Waals surface area contributed by atoms with Crippen molar-refractivity contribution >= 4 is 24.2 Å². The first-order valence-corrected chi connectivity index (χ1v) is 9.45. The van der Waals surface area contributed by atoms with E-state index in [4.69, 9.17) is 0 Å². The summed E-state index contributed by atoms with van der Waals surface area (Å²) in [4.78, 5) is 24.5. The van der Waals surface area contributed by atoms with Gasteiger partial charge in [-0.3, -0.25) is 14.3 Å². The minimum absolute atomic E-state index is 0. The average molecular weight is 384 g/mol. The van der Waals surface area contributed by atoms with Gasteiger partial charge in [0, 0.05) is 24.8 Å². The average Bonchev–Trinajstić information content (AvgIpc) is 3.06. The van der Waals surface area contributed by atoms with E-state index in [0.717, 1.165) is 32.4 Å². The Hall–Kier alpha value is -1.60. The largest absolute Gasteiger partial charge is 0.352 e. The van der Waals surface area contributed by atoms with Gasteiger partial charge in [-0.05, 0) is 31.7 Å². The van der Waals surface area contributed by atoms with Gasteiger partial charge >= 0.3 is 0 Å². The summed E-state index contributed by atoms with van der Waals surface area (Å²) in [5, 5.41) is 13.6. The van der Waals surface area contributed by atoms with Crippen LogP contribution in [0.4, 0.5) is 0 Å². The van der Waals surface area contributed by atoms with Crippen molar-refractivity contribution in [2.75, 3.05) is 13.1 Å². The molecule has 2 atom stereocenters. The summed E-state index contributed by atoms with van der Waals surface area (Å²) in [6, 6.07) is 0.430. The van der Waals surface area contributed by atoms with Crippen LogP contribution in [-0.2, 0) is 11.3 Å². The number of piperidine rings is 1. The lowest BCUT2D eigenvalue weighted by molar-refractivity contribution is -0.122. The number of amides is 2. The molecule has 1 aromatic heterocycles. The second-order valence-corrected chi connectivity index (χ2v) is 7.38. The molecule has 1 saturated heterocycles. The second kappa shape index (κ2) is 9.92. The Morgan fingerprint density at radius 1 is 1.23 bits per heavy atom. The van der Waals surface area contributed by atoms with E-state index in [2.05, 4.69) is 28.0 Å². The summed E-state index contributed by atoms with van der Waals surface area (Å²) >= 11 is 0. The predicted octanol–water partition coefficient (Wildman–Crippen LogP) is 1.48. The van der Waals surface area contributed by atoms with Crippen molar-refractivity contribution in [3.8, 4) is 0 Å². The highest BCUT2D eigenvalue weighted by atomic mass is 35.5. The molecular formula is C18H30ClN5O2. The summed E-state index contributed by atoms with van der Waals surface area (Å²) < 4.78 is 1.54. The van der Waals surface area contributed by atoms with Crippen molar-refractivity contribution in [1.29, 1.82) is 0 Å². The fourth-order valence-corrected chi connectivity index (χ4v) is 3.67. The third kappa shape index (κ3) is 5.71. The van der Waals surface area contributed by atoms with Gasteiger partial charge in [-0.1, -0.05) is 26.2 Å². The van der Waals surface area contributed by atoms with Crippen molar-refractivity contribution in [2.45, 2.75) is 64.1 Å². The third-order valence-electron chi connectivity index (χ3n) is 5.32. The maximum absolute atomic E-state index is 12.4. The summed E-state index contributed by atoms with van der Waals surface area (Å²) in [6.45, 7) is 4.11. The van der Waals surface area contributed by atoms with Crippen molar-refractivity contribution in [3.63, 3.8) is 0 Å². The third-order valence-corrected chi connectivity index (χ3v) is 5.32. The van der Waals surface area contributed by atoms with Crippen LogP contribution in [0.1, 0.15) is 55.8 Å². The van der Waals surface area contributed by atoms with Crippen LogP contribution in [0.15, 0.2) is 12.4 Å². The molecule has 3 rings (SSSR count). The highest BCUT2D eigenvalue weighted by molar-refractivity contribution is 5.94. The van der Waals surface area contributed by atoms with Gasteiger partial charge in [0.15, 0.2) is 0 Å². The number of hydrogen-bond donors (Lipinski definition) is 3. The van der Waals surface area contributed by atoms with Crippen LogP contribution in [-0.4, -0.2) is 46.8 Å². The van der Waals surface area contributed by atoms with Crippen molar-refractivity contribution in [3.05, 3.63) is 18.0 Å². The molecule has 0 radical (unpaired) electrons. The number of carbonyl (C=O) groups excluding carboxylic acids is 2. The molecule has 146 valence electrons. The zero-order valence-corrected chi connectivity index (χ0v) is 16.2. The molecule has 2 aliphatic rings. The molecule has 1 aromatic rings.